The molecule has 0 aromatic carbocycles. The van der Waals surface area contributed by atoms with Crippen molar-refractivity contribution < 1.29 is 5.21 Å². The van der Waals surface area contributed by atoms with Crippen LogP contribution < -0.4 is 11.1 Å². The zero-order chi connectivity index (χ0) is 11.7. The molecule has 0 aliphatic rings. The van der Waals surface area contributed by atoms with Crippen LogP contribution in [0.2, 0.25) is 0 Å². The molecule has 0 heterocycles. The van der Waals surface area contributed by atoms with E-state index in [1.807, 2.05) is 6.92 Å². The van der Waals surface area contributed by atoms with Crippen molar-refractivity contribution in [1.29, 1.82) is 0 Å². The predicted octanol–water partition coefficient (Wildman–Crippen LogP) is 1.93. The van der Waals surface area contributed by atoms with E-state index in [9.17, 15) is 0 Å². The lowest BCUT2D eigenvalue weighted by Crippen LogP contribution is -2.31. The molecule has 4 nitrogen and oxygen atoms in total. The molecule has 0 fully saturated rings. The highest BCUT2D eigenvalue weighted by atomic mass is 16.4. The third kappa shape index (κ3) is 9.53. The second-order valence-electron chi connectivity index (χ2n) is 4.54. The standard InChI is InChI=1S/C11H25N3O/c1-9(2)6-4-5-7-13-10(3)8-11(12)14-15/h9-10,13,15H,4-8H2,1-3H3,(H2,12,14). The molecule has 1 unspecified atom stereocenters. The third-order valence-electron chi connectivity index (χ3n) is 2.34. The summed E-state index contributed by atoms with van der Waals surface area (Å²) in [4.78, 5) is 0. The Morgan fingerprint density at radius 1 is 1.33 bits per heavy atom. The quantitative estimate of drug-likeness (QED) is 0.190. The summed E-state index contributed by atoms with van der Waals surface area (Å²) in [5.41, 5.74) is 5.40. The molecular weight excluding hydrogens is 190 g/mol. The van der Waals surface area contributed by atoms with Crippen LogP contribution in [-0.2, 0) is 0 Å². The zero-order valence-corrected chi connectivity index (χ0v) is 10.2. The summed E-state index contributed by atoms with van der Waals surface area (Å²) >= 11 is 0. The van der Waals surface area contributed by atoms with Gasteiger partial charge in [-0.05, 0) is 25.8 Å². The summed E-state index contributed by atoms with van der Waals surface area (Å²) in [5, 5.41) is 14.7. The number of hydrogen-bond donors (Lipinski definition) is 3. The molecule has 0 bridgehead atoms. The fraction of sp³-hybridized carbons (Fsp3) is 0.909. The molecule has 0 aliphatic heterocycles. The Morgan fingerprint density at radius 2 is 2.00 bits per heavy atom. The summed E-state index contributed by atoms with van der Waals surface area (Å²) in [5.74, 6) is 1.08. The Bertz CT molecular complexity index is 181. The van der Waals surface area contributed by atoms with Gasteiger partial charge in [0.1, 0.15) is 5.84 Å². The lowest BCUT2D eigenvalue weighted by Gasteiger charge is -2.12. The molecule has 0 amide bonds. The van der Waals surface area contributed by atoms with Crippen LogP contribution in [0.1, 0.15) is 46.5 Å². The molecular formula is C11H25N3O. The van der Waals surface area contributed by atoms with E-state index in [4.69, 9.17) is 10.9 Å². The molecule has 4 heteroatoms. The Morgan fingerprint density at radius 3 is 2.53 bits per heavy atom. The summed E-state index contributed by atoms with van der Waals surface area (Å²) in [7, 11) is 0. The number of unbranched alkanes of at least 4 members (excludes halogenated alkanes) is 1. The summed E-state index contributed by atoms with van der Waals surface area (Å²) in [6, 6.07) is 0.278. The molecule has 0 radical (unpaired) electrons. The van der Waals surface area contributed by atoms with Gasteiger partial charge in [0.05, 0.1) is 0 Å². The molecule has 0 aromatic heterocycles. The lowest BCUT2D eigenvalue weighted by atomic mass is 10.1. The van der Waals surface area contributed by atoms with Crippen LogP contribution in [-0.4, -0.2) is 23.6 Å². The Hall–Kier alpha value is -0.770. The van der Waals surface area contributed by atoms with E-state index in [0.29, 0.717) is 6.42 Å². The number of nitrogens with two attached hydrogens (primary N) is 1. The molecule has 90 valence electrons. The fourth-order valence-corrected chi connectivity index (χ4v) is 1.45. The van der Waals surface area contributed by atoms with Gasteiger partial charge in [-0.25, -0.2) is 0 Å². The van der Waals surface area contributed by atoms with Gasteiger partial charge in [-0.2, -0.15) is 0 Å². The highest BCUT2D eigenvalue weighted by molar-refractivity contribution is 5.80. The van der Waals surface area contributed by atoms with Gasteiger partial charge in [0, 0.05) is 12.5 Å². The van der Waals surface area contributed by atoms with E-state index in [1.54, 1.807) is 0 Å². The number of oxime groups is 1. The minimum absolute atomic E-state index is 0.278. The van der Waals surface area contributed by atoms with Crippen LogP contribution in [0.4, 0.5) is 0 Å². The molecule has 0 spiro atoms. The van der Waals surface area contributed by atoms with Crippen molar-refractivity contribution in [3.8, 4) is 0 Å². The summed E-state index contributed by atoms with van der Waals surface area (Å²) < 4.78 is 0. The summed E-state index contributed by atoms with van der Waals surface area (Å²) in [6.07, 6.45) is 4.34. The number of nitrogens with zero attached hydrogens (tertiary/aromatic N) is 1. The number of rotatable bonds is 8. The maximum atomic E-state index is 8.39. The first kappa shape index (κ1) is 14.2. The van der Waals surface area contributed by atoms with Gasteiger partial charge in [-0.3, -0.25) is 0 Å². The molecule has 0 aliphatic carbocycles. The van der Waals surface area contributed by atoms with Crippen LogP contribution in [0.3, 0.4) is 0 Å². The second kappa shape index (κ2) is 8.53. The van der Waals surface area contributed by atoms with E-state index in [1.165, 1.54) is 19.3 Å². The molecule has 1 atom stereocenters. The van der Waals surface area contributed by atoms with Crippen LogP contribution in [0.25, 0.3) is 0 Å². The summed E-state index contributed by atoms with van der Waals surface area (Å²) in [6.45, 7) is 7.54. The molecule has 4 N–H and O–H groups in total. The normalized spacial score (nSPS) is 14.5. The van der Waals surface area contributed by atoms with Crippen molar-refractivity contribution in [3.05, 3.63) is 0 Å². The largest absolute Gasteiger partial charge is 0.409 e. The van der Waals surface area contributed by atoms with E-state index < -0.39 is 0 Å². The Labute approximate surface area is 92.9 Å². The third-order valence-corrected chi connectivity index (χ3v) is 2.34. The second-order valence-corrected chi connectivity index (χ2v) is 4.54. The molecule has 15 heavy (non-hydrogen) atoms. The first-order chi connectivity index (χ1) is 7.06. The molecule has 0 saturated carbocycles. The minimum atomic E-state index is 0.278. The SMILES string of the molecule is CC(C)CCCCNC(C)CC(N)=NO. The van der Waals surface area contributed by atoms with Gasteiger partial charge in [0.25, 0.3) is 0 Å². The Balaban J connectivity index is 3.35. The maximum Gasteiger partial charge on any atom is 0.140 e. The monoisotopic (exact) mass is 215 g/mol. The zero-order valence-electron chi connectivity index (χ0n) is 10.2. The van der Waals surface area contributed by atoms with Crippen molar-refractivity contribution in [2.45, 2.75) is 52.5 Å². The van der Waals surface area contributed by atoms with E-state index >= 15 is 0 Å². The van der Waals surface area contributed by atoms with Crippen molar-refractivity contribution in [2.75, 3.05) is 6.54 Å². The van der Waals surface area contributed by atoms with Gasteiger partial charge in [0.2, 0.25) is 0 Å². The number of amidine groups is 1. The number of hydrogen-bond acceptors (Lipinski definition) is 3. The van der Waals surface area contributed by atoms with Crippen molar-refractivity contribution in [3.63, 3.8) is 0 Å². The van der Waals surface area contributed by atoms with Gasteiger partial charge in [0.15, 0.2) is 0 Å². The molecule has 0 saturated heterocycles. The van der Waals surface area contributed by atoms with Crippen LogP contribution in [0, 0.1) is 5.92 Å². The predicted molar refractivity (Wildman–Crippen MR) is 64.2 cm³/mol. The Kier molecular flexibility index (Phi) is 8.09. The van der Waals surface area contributed by atoms with Gasteiger partial charge in [-0.1, -0.05) is 31.8 Å². The van der Waals surface area contributed by atoms with Gasteiger partial charge in [-0.15, -0.1) is 0 Å². The minimum Gasteiger partial charge on any atom is -0.409 e. The average molecular weight is 215 g/mol. The van der Waals surface area contributed by atoms with Crippen LogP contribution >= 0.6 is 0 Å². The van der Waals surface area contributed by atoms with Crippen molar-refractivity contribution >= 4 is 5.84 Å². The van der Waals surface area contributed by atoms with Crippen molar-refractivity contribution in [2.24, 2.45) is 16.8 Å². The lowest BCUT2D eigenvalue weighted by molar-refractivity contribution is 0.315. The van der Waals surface area contributed by atoms with Crippen LogP contribution in [0.5, 0.6) is 0 Å². The number of nitrogens with one attached hydrogen (secondary N) is 1. The van der Waals surface area contributed by atoms with E-state index in [2.05, 4.69) is 24.3 Å². The highest BCUT2D eigenvalue weighted by Gasteiger charge is 2.03. The smallest absolute Gasteiger partial charge is 0.140 e. The van der Waals surface area contributed by atoms with Gasteiger partial charge >= 0.3 is 0 Å². The van der Waals surface area contributed by atoms with Crippen LogP contribution in [0.15, 0.2) is 5.16 Å². The molecule has 0 aromatic rings. The maximum absolute atomic E-state index is 8.39. The molecule has 0 rings (SSSR count). The fourth-order valence-electron chi connectivity index (χ4n) is 1.45. The van der Waals surface area contributed by atoms with E-state index in [-0.39, 0.29) is 11.9 Å². The topological polar surface area (TPSA) is 70.6 Å². The average Bonchev–Trinajstić information content (AvgIpc) is 2.16. The highest BCUT2D eigenvalue weighted by Crippen LogP contribution is 2.05. The first-order valence-corrected chi connectivity index (χ1v) is 5.76. The first-order valence-electron chi connectivity index (χ1n) is 5.76. The van der Waals surface area contributed by atoms with Gasteiger partial charge < -0.3 is 16.3 Å². The van der Waals surface area contributed by atoms with E-state index in [0.717, 1.165) is 12.5 Å². The van der Waals surface area contributed by atoms with Crippen molar-refractivity contribution in [1.82, 2.24) is 5.32 Å².